The Hall–Kier alpha value is -2.11. The molecule has 1 aromatic carbocycles. The van der Waals surface area contributed by atoms with E-state index >= 15 is 0 Å². The minimum absolute atomic E-state index is 0.410. The van der Waals surface area contributed by atoms with Crippen molar-refractivity contribution in [3.8, 4) is 0 Å². The normalized spacial score (nSPS) is 19.1. The molecule has 1 unspecified atom stereocenters. The highest BCUT2D eigenvalue weighted by Crippen LogP contribution is 2.16. The molecule has 0 spiro atoms. The third-order valence-corrected chi connectivity index (χ3v) is 6.14. The number of hydrogen-bond donors (Lipinski definition) is 4. The molecular formula is C23H33N5. The molecule has 1 atom stereocenters. The van der Waals surface area contributed by atoms with Crippen LogP contribution in [0.3, 0.4) is 0 Å². The summed E-state index contributed by atoms with van der Waals surface area (Å²) >= 11 is 0. The van der Waals surface area contributed by atoms with E-state index in [1.54, 1.807) is 0 Å². The van der Waals surface area contributed by atoms with Gasteiger partial charge in [-0.25, -0.2) is 4.98 Å². The van der Waals surface area contributed by atoms with E-state index < -0.39 is 0 Å². The van der Waals surface area contributed by atoms with Crippen LogP contribution in [-0.2, 0) is 6.42 Å². The van der Waals surface area contributed by atoms with Crippen LogP contribution in [0.15, 0.2) is 18.2 Å². The Balaban J connectivity index is 1.87. The summed E-state index contributed by atoms with van der Waals surface area (Å²) in [6.45, 7) is 8.55. The van der Waals surface area contributed by atoms with Gasteiger partial charge in [-0.1, -0.05) is 26.0 Å². The summed E-state index contributed by atoms with van der Waals surface area (Å²) < 4.78 is 0. The van der Waals surface area contributed by atoms with E-state index in [9.17, 15) is 0 Å². The summed E-state index contributed by atoms with van der Waals surface area (Å²) in [5.41, 5.74) is 10.0. The fraction of sp³-hybridized carbons (Fsp3) is 0.522. The lowest BCUT2D eigenvalue weighted by molar-refractivity contribution is 0.589. The molecule has 28 heavy (non-hydrogen) atoms. The fourth-order valence-corrected chi connectivity index (χ4v) is 4.36. The van der Waals surface area contributed by atoms with Gasteiger partial charge in [0.05, 0.1) is 10.7 Å². The lowest BCUT2D eigenvalue weighted by Gasteiger charge is -2.14. The molecule has 5 nitrogen and oxygen atoms in total. The number of H-pyrrole nitrogens is 1. The first kappa shape index (κ1) is 19.2. The van der Waals surface area contributed by atoms with E-state index in [0.29, 0.717) is 5.92 Å². The smallest absolute Gasteiger partial charge is 0.110 e. The van der Waals surface area contributed by atoms with Gasteiger partial charge < -0.3 is 21.4 Å². The Morgan fingerprint density at radius 2 is 2.00 bits per heavy atom. The number of nitrogens with zero attached hydrogens (tertiary/aromatic N) is 1. The van der Waals surface area contributed by atoms with Crippen LogP contribution in [0.1, 0.15) is 56.8 Å². The lowest BCUT2D eigenvalue weighted by atomic mass is 10.0. The van der Waals surface area contributed by atoms with Crippen LogP contribution in [0.5, 0.6) is 0 Å². The lowest BCUT2D eigenvalue weighted by Crippen LogP contribution is -2.26. The second kappa shape index (κ2) is 8.50. The molecule has 0 bridgehead atoms. The third kappa shape index (κ3) is 3.87. The molecule has 0 saturated carbocycles. The molecular weight excluding hydrogens is 346 g/mol. The van der Waals surface area contributed by atoms with Crippen LogP contribution in [0.2, 0.25) is 0 Å². The number of aromatic amines is 1. The highest BCUT2D eigenvalue weighted by molar-refractivity contribution is 5.49. The quantitative estimate of drug-likeness (QED) is 0.592. The average molecular weight is 380 g/mol. The molecule has 5 heteroatoms. The first-order valence-electron chi connectivity index (χ1n) is 10.8. The van der Waals surface area contributed by atoms with E-state index in [0.717, 1.165) is 69.8 Å². The number of aryl methyl sites for hydroxylation is 1. The fourth-order valence-electron chi connectivity index (χ4n) is 4.36. The molecule has 1 aromatic heterocycles. The second-order valence-corrected chi connectivity index (χ2v) is 8.14. The van der Waals surface area contributed by atoms with Gasteiger partial charge in [0.1, 0.15) is 5.82 Å². The summed E-state index contributed by atoms with van der Waals surface area (Å²) in [7, 11) is 0. The molecule has 5 N–H and O–H groups in total. The van der Waals surface area contributed by atoms with Crippen LogP contribution in [-0.4, -0.2) is 36.1 Å². The number of aromatic nitrogens is 2. The van der Waals surface area contributed by atoms with Crippen molar-refractivity contribution < 1.29 is 0 Å². The van der Waals surface area contributed by atoms with E-state index in [1.807, 2.05) is 0 Å². The number of nitrogens with one attached hydrogen (secondary N) is 3. The highest BCUT2D eigenvalue weighted by atomic mass is 14.9. The van der Waals surface area contributed by atoms with Gasteiger partial charge in [-0.2, -0.15) is 0 Å². The Labute approximate surface area is 166 Å². The maximum Gasteiger partial charge on any atom is 0.110 e. The predicted octanol–water partition coefficient (Wildman–Crippen LogP) is 1.35. The van der Waals surface area contributed by atoms with Crippen LogP contribution in [0.4, 0.5) is 0 Å². The molecule has 2 aromatic rings. The van der Waals surface area contributed by atoms with Crippen molar-refractivity contribution in [1.82, 2.24) is 20.6 Å². The summed E-state index contributed by atoms with van der Waals surface area (Å²) in [6.07, 6.45) is 5.27. The van der Waals surface area contributed by atoms with Crippen molar-refractivity contribution in [2.45, 2.75) is 51.9 Å². The van der Waals surface area contributed by atoms with E-state index in [-0.39, 0.29) is 0 Å². The number of piperidine rings is 1. The number of nitrogens with two attached hydrogens (primary N) is 1. The van der Waals surface area contributed by atoms with Crippen molar-refractivity contribution in [3.63, 3.8) is 0 Å². The summed E-state index contributed by atoms with van der Waals surface area (Å²) in [5.74, 6) is 1.52. The van der Waals surface area contributed by atoms with Crippen molar-refractivity contribution >= 4 is 11.3 Å². The van der Waals surface area contributed by atoms with E-state index in [4.69, 9.17) is 10.7 Å². The zero-order valence-corrected chi connectivity index (χ0v) is 17.2. The summed E-state index contributed by atoms with van der Waals surface area (Å²) in [5, 5.41) is 11.7. The zero-order valence-electron chi connectivity index (χ0n) is 17.2. The van der Waals surface area contributed by atoms with Crippen molar-refractivity contribution in [2.24, 2.45) is 5.73 Å². The SMILES string of the molecule is CCNCCC(C)c1nc(=C2CCNCC2)/c(=c2\ccc3c(c2)CCC=3N)[nH]1. The Morgan fingerprint density at radius 3 is 2.79 bits per heavy atom. The van der Waals surface area contributed by atoms with Gasteiger partial charge in [0.15, 0.2) is 0 Å². The van der Waals surface area contributed by atoms with Gasteiger partial charge in [-0.3, -0.25) is 0 Å². The zero-order chi connectivity index (χ0) is 19.5. The Kier molecular flexibility index (Phi) is 5.83. The molecule has 0 amide bonds. The van der Waals surface area contributed by atoms with Crippen LogP contribution >= 0.6 is 0 Å². The second-order valence-electron chi connectivity index (χ2n) is 8.14. The van der Waals surface area contributed by atoms with Gasteiger partial charge >= 0.3 is 0 Å². The molecule has 1 fully saturated rings. The van der Waals surface area contributed by atoms with Crippen molar-refractivity contribution in [2.75, 3.05) is 26.2 Å². The maximum atomic E-state index is 6.16. The minimum Gasteiger partial charge on any atom is -0.402 e. The molecule has 0 radical (unpaired) electrons. The van der Waals surface area contributed by atoms with Gasteiger partial charge in [-0.15, -0.1) is 0 Å². The maximum absolute atomic E-state index is 6.16. The number of benzene rings is 1. The number of hydrogen-bond acceptors (Lipinski definition) is 4. The van der Waals surface area contributed by atoms with E-state index in [1.165, 1.54) is 32.3 Å². The first-order valence-corrected chi connectivity index (χ1v) is 10.8. The molecule has 2 aliphatic rings. The minimum atomic E-state index is 0.410. The number of imidazole rings is 1. The molecule has 2 heterocycles. The van der Waals surface area contributed by atoms with E-state index in [2.05, 4.69) is 47.7 Å². The van der Waals surface area contributed by atoms with Crippen molar-refractivity contribution in [3.05, 3.63) is 50.7 Å². The molecule has 1 aliphatic heterocycles. The standard InChI is InChI=1S/C23H33N5/c1-3-25-11-8-15(2)23-27-21(16-9-12-26-13-10-16)22(28-23)18-4-6-19-17(14-18)5-7-20(19)24/h4,6,14-15,25-26H,3,5,7-13,24H2,1-2H3,(H,27,28)/b22-18-. The predicted molar refractivity (Wildman–Crippen MR) is 115 cm³/mol. The molecule has 4 rings (SSSR count). The van der Waals surface area contributed by atoms with Crippen molar-refractivity contribution in [1.29, 1.82) is 0 Å². The average Bonchev–Trinajstić information content (AvgIpc) is 3.33. The monoisotopic (exact) mass is 379 g/mol. The third-order valence-electron chi connectivity index (χ3n) is 6.14. The summed E-state index contributed by atoms with van der Waals surface area (Å²) in [6, 6.07) is 6.72. The Bertz CT molecular complexity index is 1040. The number of rotatable bonds is 5. The van der Waals surface area contributed by atoms with Crippen LogP contribution < -0.4 is 26.9 Å². The van der Waals surface area contributed by atoms with Gasteiger partial charge in [0, 0.05) is 16.8 Å². The van der Waals surface area contributed by atoms with Gasteiger partial charge in [-0.05, 0) is 80.7 Å². The largest absolute Gasteiger partial charge is 0.402 e. The summed E-state index contributed by atoms with van der Waals surface area (Å²) in [4.78, 5) is 8.83. The van der Waals surface area contributed by atoms with Crippen LogP contribution in [0.25, 0.3) is 11.3 Å². The van der Waals surface area contributed by atoms with Gasteiger partial charge in [0.25, 0.3) is 0 Å². The van der Waals surface area contributed by atoms with Gasteiger partial charge in [0.2, 0.25) is 0 Å². The first-order chi connectivity index (χ1) is 13.7. The molecule has 150 valence electrons. The molecule has 1 saturated heterocycles. The molecule has 1 aliphatic carbocycles. The highest BCUT2D eigenvalue weighted by Gasteiger charge is 2.14. The van der Waals surface area contributed by atoms with Crippen LogP contribution in [0, 0.1) is 10.6 Å². The Morgan fingerprint density at radius 1 is 1.18 bits per heavy atom. The number of fused-ring (bicyclic) bond motifs is 1. The topological polar surface area (TPSA) is 78.8 Å².